The molecule has 36 heavy (non-hydrogen) atoms. The number of halogens is 3. The van der Waals surface area contributed by atoms with Gasteiger partial charge in [-0.25, -0.2) is 9.18 Å². The number of nitrogens with two attached hydrogens (primary N) is 2. The Kier molecular flexibility index (Phi) is 11.5. The third-order valence-electron chi connectivity index (χ3n) is 5.69. The second-order valence-electron chi connectivity index (χ2n) is 8.25. The van der Waals surface area contributed by atoms with E-state index in [2.05, 4.69) is 10.6 Å². The lowest BCUT2D eigenvalue weighted by Crippen LogP contribution is -2.56. The van der Waals surface area contributed by atoms with E-state index in [0.29, 0.717) is 16.7 Å². The third-order valence-corrected chi connectivity index (χ3v) is 5.69. The smallest absolute Gasteiger partial charge is 0.326 e. The van der Waals surface area contributed by atoms with Crippen LogP contribution < -0.4 is 22.1 Å². The van der Waals surface area contributed by atoms with E-state index in [-0.39, 0.29) is 61.9 Å². The van der Waals surface area contributed by atoms with Gasteiger partial charge in [0, 0.05) is 25.8 Å². The molecule has 13 heteroatoms. The number of phenols is 1. The van der Waals surface area contributed by atoms with E-state index in [0.717, 1.165) is 0 Å². The number of aromatic hydroxyl groups is 1. The van der Waals surface area contributed by atoms with E-state index in [1.807, 2.05) is 0 Å². The Morgan fingerprint density at radius 2 is 1.64 bits per heavy atom. The summed E-state index contributed by atoms with van der Waals surface area (Å²) >= 11 is 0. The van der Waals surface area contributed by atoms with Crippen molar-refractivity contribution in [3.63, 3.8) is 0 Å². The maximum absolute atomic E-state index is 14.5. The Balaban J connectivity index is 0.00000324. The molecule has 198 valence electrons. The first kappa shape index (κ1) is 31.1. The molecule has 0 radical (unpaired) electrons. The van der Waals surface area contributed by atoms with Crippen LogP contribution in [0.1, 0.15) is 17.5 Å². The largest absolute Gasteiger partial charge is 0.508 e. The second-order valence-corrected chi connectivity index (χ2v) is 8.25. The maximum Gasteiger partial charge on any atom is 0.326 e. The number of phenolic OH excluding ortho intramolecular Hbond substituents is 1. The molecule has 0 aromatic heterocycles. The number of carbonyl (C=O) groups is 3. The normalized spacial score (nSPS) is 20.8. The summed E-state index contributed by atoms with van der Waals surface area (Å²) in [6, 6.07) is 4.74. The van der Waals surface area contributed by atoms with Crippen molar-refractivity contribution in [1.82, 2.24) is 10.6 Å². The first-order valence-electron chi connectivity index (χ1n) is 10.7. The highest BCUT2D eigenvalue weighted by molar-refractivity contribution is 5.92. The predicted molar refractivity (Wildman–Crippen MR) is 135 cm³/mol. The van der Waals surface area contributed by atoms with Crippen LogP contribution in [0.3, 0.4) is 0 Å². The van der Waals surface area contributed by atoms with Crippen LogP contribution in [0.15, 0.2) is 36.4 Å². The van der Waals surface area contributed by atoms with Gasteiger partial charge in [0.15, 0.2) is 0 Å². The lowest BCUT2D eigenvalue weighted by atomic mass is 9.96. The highest BCUT2D eigenvalue weighted by Crippen LogP contribution is 2.28. The van der Waals surface area contributed by atoms with Crippen molar-refractivity contribution in [2.75, 3.05) is 6.54 Å². The quantitative estimate of drug-likeness (QED) is 0.283. The monoisotopic (exact) mass is 546 g/mol. The fourth-order valence-electron chi connectivity index (χ4n) is 3.74. The number of carboxylic acids is 1. The van der Waals surface area contributed by atoms with Crippen molar-refractivity contribution < 1.29 is 34.1 Å². The summed E-state index contributed by atoms with van der Waals surface area (Å²) < 4.78 is 14.5. The summed E-state index contributed by atoms with van der Waals surface area (Å²) in [5.41, 5.74) is 13.0. The summed E-state index contributed by atoms with van der Waals surface area (Å²) in [6.07, 6.45) is -1.90. The summed E-state index contributed by atoms with van der Waals surface area (Å²) in [5.74, 6) is -3.80. The average molecular weight is 547 g/mol. The summed E-state index contributed by atoms with van der Waals surface area (Å²) in [5, 5.41) is 34.5. The summed E-state index contributed by atoms with van der Waals surface area (Å²) in [4.78, 5) is 37.4. The molecule has 10 nitrogen and oxygen atoms in total. The number of aliphatic hydroxyl groups is 1. The number of carbonyl (C=O) groups excluding carboxylic acids is 2. The number of hydrogen-bond acceptors (Lipinski definition) is 7. The summed E-state index contributed by atoms with van der Waals surface area (Å²) in [6.45, 7) is -0.202. The minimum atomic E-state index is -1.51. The zero-order valence-electron chi connectivity index (χ0n) is 19.0. The lowest BCUT2D eigenvalue weighted by molar-refractivity contribution is -0.142. The SMILES string of the molecule is Cl.Cl.NC[C@H](O)C[C@@H]1NC(=O)[C@@H](N)Cc2cc(ccc2O)-c2ccc(F)c(c2)C[C@@H](C(=O)O)NC1=O. The van der Waals surface area contributed by atoms with Crippen molar-refractivity contribution in [1.29, 1.82) is 0 Å². The van der Waals surface area contributed by atoms with E-state index in [1.165, 1.54) is 24.3 Å². The number of nitrogens with one attached hydrogen (secondary N) is 2. The number of carboxylic acid groups (broad SMARTS) is 1. The molecule has 0 saturated carbocycles. The first-order valence-corrected chi connectivity index (χ1v) is 10.7. The van der Waals surface area contributed by atoms with Crippen LogP contribution in [0.25, 0.3) is 11.1 Å². The van der Waals surface area contributed by atoms with Gasteiger partial charge in [-0.1, -0.05) is 12.1 Å². The summed E-state index contributed by atoms with van der Waals surface area (Å²) in [7, 11) is 0. The molecule has 1 aliphatic rings. The van der Waals surface area contributed by atoms with Gasteiger partial charge >= 0.3 is 5.97 Å². The van der Waals surface area contributed by atoms with Gasteiger partial charge in [-0.3, -0.25) is 9.59 Å². The van der Waals surface area contributed by atoms with Gasteiger partial charge in [-0.05, 0) is 46.5 Å². The minimum Gasteiger partial charge on any atom is -0.508 e. The predicted octanol–water partition coefficient (Wildman–Crippen LogP) is 0.232. The molecule has 4 bridgehead atoms. The van der Waals surface area contributed by atoms with Crippen LogP contribution in [0.5, 0.6) is 5.75 Å². The average Bonchev–Trinajstić information content (AvgIpc) is 2.79. The van der Waals surface area contributed by atoms with E-state index >= 15 is 0 Å². The number of aliphatic carboxylic acids is 1. The highest BCUT2D eigenvalue weighted by atomic mass is 35.5. The van der Waals surface area contributed by atoms with Crippen LogP contribution >= 0.6 is 24.8 Å². The lowest BCUT2D eigenvalue weighted by Gasteiger charge is -2.24. The van der Waals surface area contributed by atoms with Crippen LogP contribution in [0, 0.1) is 5.82 Å². The van der Waals surface area contributed by atoms with Gasteiger partial charge in [0.25, 0.3) is 0 Å². The standard InChI is InChI=1S/C23H27FN4O6.2ClH/c24-16-3-1-11-5-13(16)8-19(23(33)34)28-22(32)18(9-15(29)10-25)27-21(31)17(26)7-14-6-12(11)2-4-20(14)30;;/h1-6,15,17-19,29-30H,7-10,25-26H2,(H,27,31)(H,28,32)(H,33,34);2*1H/t15-,17+,18+,19+;;/m1../s1. The Morgan fingerprint density at radius 1 is 1.03 bits per heavy atom. The van der Waals surface area contributed by atoms with E-state index in [1.54, 1.807) is 12.1 Å². The third kappa shape index (κ3) is 7.52. The van der Waals surface area contributed by atoms with Crippen molar-refractivity contribution in [3.05, 3.63) is 53.3 Å². The number of fused-ring (bicyclic) bond motifs is 5. The number of benzene rings is 2. The molecule has 0 fully saturated rings. The minimum absolute atomic E-state index is 0. The number of rotatable bonds is 4. The molecule has 2 aromatic rings. The van der Waals surface area contributed by atoms with E-state index < -0.39 is 47.8 Å². The molecule has 2 aromatic carbocycles. The zero-order chi connectivity index (χ0) is 25.0. The molecule has 1 heterocycles. The van der Waals surface area contributed by atoms with Crippen LogP contribution in [0.4, 0.5) is 4.39 Å². The maximum atomic E-state index is 14.5. The molecule has 1 aliphatic heterocycles. The topological polar surface area (TPSA) is 188 Å². The van der Waals surface area contributed by atoms with Crippen molar-refractivity contribution >= 4 is 42.6 Å². The molecule has 2 amide bonds. The molecule has 0 spiro atoms. The van der Waals surface area contributed by atoms with Crippen LogP contribution in [0.2, 0.25) is 0 Å². The van der Waals surface area contributed by atoms with Gasteiger partial charge in [0.1, 0.15) is 23.7 Å². The van der Waals surface area contributed by atoms with Crippen molar-refractivity contribution in [2.24, 2.45) is 11.5 Å². The van der Waals surface area contributed by atoms with Gasteiger partial charge < -0.3 is 37.4 Å². The fraction of sp³-hybridized carbons (Fsp3) is 0.348. The second kappa shape index (κ2) is 13.4. The zero-order valence-corrected chi connectivity index (χ0v) is 20.7. The van der Waals surface area contributed by atoms with Gasteiger partial charge in [0.05, 0.1) is 12.1 Å². The molecule has 0 unspecified atom stereocenters. The number of amides is 2. The van der Waals surface area contributed by atoms with Gasteiger partial charge in [-0.15, -0.1) is 24.8 Å². The molecule has 0 aliphatic carbocycles. The Morgan fingerprint density at radius 3 is 2.25 bits per heavy atom. The molecule has 0 saturated heterocycles. The Bertz CT molecular complexity index is 1110. The van der Waals surface area contributed by atoms with E-state index in [4.69, 9.17) is 11.5 Å². The first-order chi connectivity index (χ1) is 16.1. The highest BCUT2D eigenvalue weighted by Gasteiger charge is 2.30. The fourth-order valence-corrected chi connectivity index (χ4v) is 3.74. The van der Waals surface area contributed by atoms with E-state index in [9.17, 15) is 34.1 Å². The van der Waals surface area contributed by atoms with Crippen LogP contribution in [-0.4, -0.2) is 63.9 Å². The molecular formula is C23H29Cl2FN4O6. The Hall–Kier alpha value is -2.96. The molecule has 3 rings (SSSR count). The van der Waals surface area contributed by atoms with Crippen molar-refractivity contribution in [3.8, 4) is 16.9 Å². The molecule has 4 atom stereocenters. The molecular weight excluding hydrogens is 518 g/mol. The van der Waals surface area contributed by atoms with Crippen LogP contribution in [-0.2, 0) is 27.2 Å². The Labute approximate surface area is 219 Å². The molecule has 9 N–H and O–H groups in total. The number of hydrogen-bond donors (Lipinski definition) is 7. The van der Waals surface area contributed by atoms with Crippen molar-refractivity contribution in [2.45, 2.75) is 43.5 Å². The number of aliphatic hydroxyl groups excluding tert-OH is 1. The van der Waals surface area contributed by atoms with Gasteiger partial charge in [0.2, 0.25) is 11.8 Å². The van der Waals surface area contributed by atoms with Gasteiger partial charge in [-0.2, -0.15) is 0 Å².